The molecule has 11 nitrogen and oxygen atoms in total. The van der Waals surface area contributed by atoms with Crippen LogP contribution in [0.15, 0.2) is 41.6 Å². The highest BCUT2D eigenvalue weighted by molar-refractivity contribution is 7.89. The molecule has 1 amide bonds. The van der Waals surface area contributed by atoms with E-state index in [1.807, 2.05) is 0 Å². The summed E-state index contributed by atoms with van der Waals surface area (Å²) in [4.78, 5) is 31.7. The molecule has 0 radical (unpaired) electrons. The monoisotopic (exact) mass is 483 g/mol. The van der Waals surface area contributed by atoms with Crippen LogP contribution in [-0.4, -0.2) is 74.0 Å². The van der Waals surface area contributed by atoms with Crippen LogP contribution < -0.4 is 10.6 Å². The summed E-state index contributed by atoms with van der Waals surface area (Å²) in [5, 5.41) is 5.39. The first kappa shape index (κ1) is 23.9. The van der Waals surface area contributed by atoms with Gasteiger partial charge in [-0.1, -0.05) is 11.6 Å². The maximum Gasteiger partial charge on any atom is 0.308 e. The van der Waals surface area contributed by atoms with Crippen molar-refractivity contribution in [3.05, 3.63) is 41.7 Å². The van der Waals surface area contributed by atoms with Gasteiger partial charge in [-0.05, 0) is 24.3 Å². The van der Waals surface area contributed by atoms with Gasteiger partial charge in [0.15, 0.2) is 6.61 Å². The van der Waals surface area contributed by atoms with Crippen LogP contribution >= 0.6 is 11.6 Å². The molecule has 13 heteroatoms. The molecule has 1 saturated heterocycles. The van der Waals surface area contributed by atoms with Crippen LogP contribution in [0.3, 0.4) is 0 Å². The quantitative estimate of drug-likeness (QED) is 0.502. The van der Waals surface area contributed by atoms with Crippen LogP contribution in [0.25, 0.3) is 0 Å². The Morgan fingerprint density at radius 2 is 1.91 bits per heavy atom. The summed E-state index contributed by atoms with van der Waals surface area (Å²) < 4.78 is 37.1. The Labute approximate surface area is 190 Å². The number of halogens is 1. The van der Waals surface area contributed by atoms with E-state index in [9.17, 15) is 18.0 Å². The largest absolute Gasteiger partial charge is 0.456 e. The van der Waals surface area contributed by atoms with Gasteiger partial charge in [-0.25, -0.2) is 18.4 Å². The van der Waals surface area contributed by atoms with Gasteiger partial charge in [0.1, 0.15) is 4.90 Å². The van der Waals surface area contributed by atoms with Crippen molar-refractivity contribution < 1.29 is 27.5 Å². The fraction of sp³-hybridized carbons (Fsp3) is 0.368. The highest BCUT2D eigenvalue weighted by atomic mass is 35.5. The zero-order valence-electron chi connectivity index (χ0n) is 17.0. The van der Waals surface area contributed by atoms with Crippen LogP contribution in [0.1, 0.15) is 6.42 Å². The van der Waals surface area contributed by atoms with E-state index in [1.165, 1.54) is 22.5 Å². The topological polar surface area (TPSA) is 140 Å². The minimum atomic E-state index is -3.84. The van der Waals surface area contributed by atoms with Gasteiger partial charge in [0.25, 0.3) is 5.91 Å². The number of esters is 1. The molecular formula is C19H22ClN5O6S. The van der Waals surface area contributed by atoms with Crippen molar-refractivity contribution in [2.75, 3.05) is 50.1 Å². The van der Waals surface area contributed by atoms with Crippen molar-refractivity contribution >= 4 is 45.1 Å². The molecule has 0 bridgehead atoms. The second-order valence-electron chi connectivity index (χ2n) is 6.62. The zero-order valence-corrected chi connectivity index (χ0v) is 18.6. The third-order valence-electron chi connectivity index (χ3n) is 4.35. The van der Waals surface area contributed by atoms with Crippen LogP contribution in [-0.2, 0) is 29.1 Å². The Balaban J connectivity index is 1.50. The molecular weight excluding hydrogens is 462 g/mol. The number of nitrogens with zero attached hydrogens (tertiary/aromatic N) is 3. The number of ether oxygens (including phenoxy) is 2. The SMILES string of the molecule is O=C(COC(=O)CCNc1ncccn1)Nc1ccc(Cl)c(S(=O)(=O)N2CCOCC2)c1. The number of anilines is 2. The molecule has 2 heterocycles. The number of amides is 1. The maximum absolute atomic E-state index is 12.9. The number of hydrogen-bond donors (Lipinski definition) is 2. The molecule has 0 atom stereocenters. The van der Waals surface area contributed by atoms with E-state index in [-0.39, 0.29) is 41.7 Å². The summed E-state index contributed by atoms with van der Waals surface area (Å²) in [6.07, 6.45) is 3.13. The Hall–Kier alpha value is -2.80. The van der Waals surface area contributed by atoms with E-state index in [4.69, 9.17) is 21.1 Å². The normalized spacial score (nSPS) is 14.5. The Morgan fingerprint density at radius 3 is 2.62 bits per heavy atom. The lowest BCUT2D eigenvalue weighted by atomic mass is 10.3. The Morgan fingerprint density at radius 1 is 1.19 bits per heavy atom. The fourth-order valence-corrected chi connectivity index (χ4v) is 4.70. The standard InChI is InChI=1S/C19H22ClN5O6S/c20-15-3-2-14(12-16(15)32(28,29)25-8-10-30-11-9-25)24-17(26)13-31-18(27)4-7-23-19-21-5-1-6-22-19/h1-3,5-6,12H,4,7-11,13H2,(H,24,26)(H,21,22,23). The molecule has 0 aliphatic carbocycles. The number of sulfonamides is 1. The highest BCUT2D eigenvalue weighted by Crippen LogP contribution is 2.28. The van der Waals surface area contributed by atoms with Crippen molar-refractivity contribution in [1.29, 1.82) is 0 Å². The summed E-state index contributed by atoms with van der Waals surface area (Å²) in [6.45, 7) is 0.755. The molecule has 1 aromatic heterocycles. The third kappa shape index (κ3) is 6.60. The third-order valence-corrected chi connectivity index (χ3v) is 6.73. The Kier molecular flexibility index (Phi) is 8.33. The summed E-state index contributed by atoms with van der Waals surface area (Å²) in [5.74, 6) is -0.825. The lowest BCUT2D eigenvalue weighted by Crippen LogP contribution is -2.40. The van der Waals surface area contributed by atoms with E-state index in [0.29, 0.717) is 19.2 Å². The first-order valence-electron chi connectivity index (χ1n) is 9.70. The minimum Gasteiger partial charge on any atom is -0.456 e. The van der Waals surface area contributed by atoms with Gasteiger partial charge in [-0.15, -0.1) is 0 Å². The van der Waals surface area contributed by atoms with Crippen molar-refractivity contribution in [2.24, 2.45) is 0 Å². The number of benzene rings is 1. The first-order valence-corrected chi connectivity index (χ1v) is 11.5. The molecule has 0 unspecified atom stereocenters. The number of hydrogen-bond acceptors (Lipinski definition) is 9. The van der Waals surface area contributed by atoms with E-state index in [0.717, 1.165) is 0 Å². The van der Waals surface area contributed by atoms with Gasteiger partial charge in [0.2, 0.25) is 16.0 Å². The predicted octanol–water partition coefficient (Wildman–Crippen LogP) is 1.13. The van der Waals surface area contributed by atoms with Gasteiger partial charge < -0.3 is 20.1 Å². The molecule has 3 rings (SSSR count). The summed E-state index contributed by atoms with van der Waals surface area (Å²) >= 11 is 6.10. The van der Waals surface area contributed by atoms with Crippen LogP contribution in [0.4, 0.5) is 11.6 Å². The maximum atomic E-state index is 12.9. The number of carbonyl (C=O) groups excluding carboxylic acids is 2. The number of morpholine rings is 1. The fourth-order valence-electron chi connectivity index (χ4n) is 2.79. The van der Waals surface area contributed by atoms with Crippen LogP contribution in [0.5, 0.6) is 0 Å². The van der Waals surface area contributed by atoms with Crippen molar-refractivity contribution in [1.82, 2.24) is 14.3 Å². The molecule has 32 heavy (non-hydrogen) atoms. The second-order valence-corrected chi connectivity index (χ2v) is 8.93. The van der Waals surface area contributed by atoms with Crippen molar-refractivity contribution in [2.45, 2.75) is 11.3 Å². The molecule has 1 aliphatic rings. The van der Waals surface area contributed by atoms with Crippen molar-refractivity contribution in [3.63, 3.8) is 0 Å². The number of rotatable bonds is 9. The molecule has 0 saturated carbocycles. The van der Waals surface area contributed by atoms with Crippen molar-refractivity contribution in [3.8, 4) is 0 Å². The Bertz CT molecular complexity index is 1050. The van der Waals surface area contributed by atoms with Gasteiger partial charge in [0, 0.05) is 37.7 Å². The zero-order chi connectivity index (χ0) is 23.0. The molecule has 0 spiro atoms. The molecule has 1 fully saturated rings. The first-order chi connectivity index (χ1) is 15.4. The number of aromatic nitrogens is 2. The van der Waals surface area contributed by atoms with E-state index >= 15 is 0 Å². The van der Waals surface area contributed by atoms with Gasteiger partial charge in [-0.2, -0.15) is 4.31 Å². The predicted molar refractivity (Wildman–Crippen MR) is 116 cm³/mol. The minimum absolute atomic E-state index is 0.00835. The molecule has 172 valence electrons. The number of nitrogens with one attached hydrogen (secondary N) is 2. The van der Waals surface area contributed by atoms with Gasteiger partial charge in [0.05, 0.1) is 24.7 Å². The van der Waals surface area contributed by atoms with Gasteiger partial charge >= 0.3 is 5.97 Å². The van der Waals surface area contributed by atoms with E-state index in [1.54, 1.807) is 18.5 Å². The average Bonchev–Trinajstić information content (AvgIpc) is 2.80. The highest BCUT2D eigenvalue weighted by Gasteiger charge is 2.28. The summed E-state index contributed by atoms with van der Waals surface area (Å²) in [5.41, 5.74) is 0.213. The average molecular weight is 484 g/mol. The molecule has 2 aromatic rings. The summed E-state index contributed by atoms with van der Waals surface area (Å²) in [6, 6.07) is 5.79. The van der Waals surface area contributed by atoms with Gasteiger partial charge in [-0.3, -0.25) is 9.59 Å². The lowest BCUT2D eigenvalue weighted by molar-refractivity contribution is -0.147. The van der Waals surface area contributed by atoms with Crippen LogP contribution in [0, 0.1) is 0 Å². The number of carbonyl (C=O) groups is 2. The lowest BCUT2D eigenvalue weighted by Gasteiger charge is -2.26. The van der Waals surface area contributed by atoms with Crippen LogP contribution in [0.2, 0.25) is 5.02 Å². The van der Waals surface area contributed by atoms with E-state index < -0.39 is 28.5 Å². The smallest absolute Gasteiger partial charge is 0.308 e. The van der Waals surface area contributed by atoms with E-state index in [2.05, 4.69) is 20.6 Å². The molecule has 1 aliphatic heterocycles. The summed E-state index contributed by atoms with van der Waals surface area (Å²) in [7, 11) is -3.84. The molecule has 2 N–H and O–H groups in total. The second kappa shape index (κ2) is 11.2. The molecule has 1 aromatic carbocycles.